The molecule has 0 spiro atoms. The molecule has 0 saturated heterocycles. The van der Waals surface area contributed by atoms with Gasteiger partial charge in [0.1, 0.15) is 0 Å². The lowest BCUT2D eigenvalue weighted by molar-refractivity contribution is -0.134. The summed E-state index contributed by atoms with van der Waals surface area (Å²) in [4.78, 5) is 24.1. The molecule has 0 radical (unpaired) electrons. The molecule has 0 aliphatic carbocycles. The van der Waals surface area contributed by atoms with Crippen molar-refractivity contribution in [2.45, 2.75) is 34.1 Å². The number of nitrogens with zero attached hydrogens (tertiary/aromatic N) is 2. The number of likely N-dealkylation sites (N-methyl/N-ethyl adjacent to an activating group) is 1. The standard InChI is InChI=1S/C17H24N2O3S/c1-7-22-17(21)16(23-6)18-19(5)15(20)10-14-12(3)8-11(2)9-13(14)4/h8-9H,7,10H2,1-6H3/b18-16-. The van der Waals surface area contributed by atoms with Gasteiger partial charge >= 0.3 is 5.97 Å². The van der Waals surface area contributed by atoms with Gasteiger partial charge in [0.15, 0.2) is 0 Å². The van der Waals surface area contributed by atoms with Gasteiger partial charge < -0.3 is 4.74 Å². The smallest absolute Gasteiger partial charge is 0.365 e. The molecular formula is C17H24N2O3S. The van der Waals surface area contributed by atoms with E-state index in [1.807, 2.05) is 20.8 Å². The van der Waals surface area contributed by atoms with E-state index in [0.29, 0.717) is 0 Å². The molecule has 1 rings (SSSR count). The molecule has 5 nitrogen and oxygen atoms in total. The van der Waals surface area contributed by atoms with Crippen LogP contribution in [0.15, 0.2) is 17.2 Å². The summed E-state index contributed by atoms with van der Waals surface area (Å²) in [5, 5.41) is 5.45. The molecule has 0 saturated carbocycles. The van der Waals surface area contributed by atoms with Gasteiger partial charge in [-0.15, -0.1) is 11.8 Å². The number of benzene rings is 1. The minimum Gasteiger partial charge on any atom is -0.461 e. The SMILES string of the molecule is CCOC(=O)/C(=N/N(C)C(=O)Cc1c(C)cc(C)cc1C)SC. The molecule has 0 fully saturated rings. The third-order valence-electron chi connectivity index (χ3n) is 3.41. The number of esters is 1. The Morgan fingerprint density at radius 1 is 1.22 bits per heavy atom. The zero-order valence-corrected chi connectivity index (χ0v) is 15.4. The normalized spacial score (nSPS) is 11.3. The lowest BCUT2D eigenvalue weighted by atomic mass is 9.97. The first-order valence-corrected chi connectivity index (χ1v) is 8.65. The van der Waals surface area contributed by atoms with Crippen molar-refractivity contribution in [3.05, 3.63) is 34.4 Å². The predicted octanol–water partition coefficient (Wildman–Crippen LogP) is 2.85. The van der Waals surface area contributed by atoms with E-state index in [4.69, 9.17) is 4.74 Å². The maximum absolute atomic E-state index is 12.4. The van der Waals surface area contributed by atoms with Crippen molar-refractivity contribution in [2.24, 2.45) is 5.10 Å². The second-order valence-electron chi connectivity index (χ2n) is 5.30. The fraction of sp³-hybridized carbons (Fsp3) is 0.471. The molecular weight excluding hydrogens is 312 g/mol. The molecule has 0 heterocycles. The Hall–Kier alpha value is -1.82. The van der Waals surface area contributed by atoms with Gasteiger partial charge in [0.05, 0.1) is 13.0 Å². The molecule has 0 unspecified atom stereocenters. The number of carbonyl (C=O) groups excluding carboxylic acids is 2. The molecule has 0 N–H and O–H groups in total. The molecule has 0 atom stereocenters. The van der Waals surface area contributed by atoms with E-state index in [9.17, 15) is 9.59 Å². The van der Waals surface area contributed by atoms with Crippen molar-refractivity contribution in [1.82, 2.24) is 5.01 Å². The number of hydrogen-bond donors (Lipinski definition) is 0. The van der Waals surface area contributed by atoms with Crippen LogP contribution >= 0.6 is 11.8 Å². The Labute approximate surface area is 142 Å². The van der Waals surface area contributed by atoms with E-state index in [-0.39, 0.29) is 24.0 Å². The monoisotopic (exact) mass is 336 g/mol. The van der Waals surface area contributed by atoms with Crippen LogP contribution in [0.2, 0.25) is 0 Å². The Morgan fingerprint density at radius 2 is 1.78 bits per heavy atom. The van der Waals surface area contributed by atoms with Crippen LogP contribution in [0.5, 0.6) is 0 Å². The first-order chi connectivity index (χ1) is 10.8. The topological polar surface area (TPSA) is 59.0 Å². The molecule has 6 heteroatoms. The molecule has 1 aromatic carbocycles. The van der Waals surface area contributed by atoms with Crippen LogP contribution in [0, 0.1) is 20.8 Å². The van der Waals surface area contributed by atoms with Gasteiger partial charge in [0, 0.05) is 7.05 Å². The van der Waals surface area contributed by atoms with Crippen molar-refractivity contribution < 1.29 is 14.3 Å². The molecule has 0 bridgehead atoms. The van der Waals surface area contributed by atoms with E-state index in [1.54, 1.807) is 20.2 Å². The largest absolute Gasteiger partial charge is 0.461 e. The Morgan fingerprint density at radius 3 is 2.26 bits per heavy atom. The van der Waals surface area contributed by atoms with E-state index in [1.165, 1.54) is 10.6 Å². The van der Waals surface area contributed by atoms with Crippen LogP contribution < -0.4 is 0 Å². The Balaban J connectivity index is 2.91. The van der Waals surface area contributed by atoms with E-state index in [2.05, 4.69) is 17.2 Å². The number of amides is 1. The summed E-state index contributed by atoms with van der Waals surface area (Å²) in [6.07, 6.45) is 1.98. The molecule has 0 aromatic heterocycles. The number of thioether (sulfide) groups is 1. The fourth-order valence-corrected chi connectivity index (χ4v) is 2.73. The maximum Gasteiger partial charge on any atom is 0.365 e. The van der Waals surface area contributed by atoms with Crippen molar-refractivity contribution >= 4 is 28.7 Å². The zero-order valence-electron chi connectivity index (χ0n) is 14.6. The number of carbonyl (C=O) groups is 2. The second kappa shape index (κ2) is 8.72. The summed E-state index contributed by atoms with van der Waals surface area (Å²) in [7, 11) is 1.55. The lowest BCUT2D eigenvalue weighted by Crippen LogP contribution is -2.27. The highest BCUT2D eigenvalue weighted by Gasteiger charge is 2.17. The van der Waals surface area contributed by atoms with Crippen molar-refractivity contribution in [1.29, 1.82) is 0 Å². The quantitative estimate of drug-likeness (QED) is 0.367. The number of rotatable bonds is 4. The molecule has 1 amide bonds. The lowest BCUT2D eigenvalue weighted by Gasteiger charge is -2.15. The van der Waals surface area contributed by atoms with Gasteiger partial charge in [-0.05, 0) is 50.6 Å². The summed E-state index contributed by atoms with van der Waals surface area (Å²) < 4.78 is 4.92. The highest BCUT2D eigenvalue weighted by molar-refractivity contribution is 8.15. The molecule has 1 aromatic rings. The zero-order chi connectivity index (χ0) is 17.6. The van der Waals surface area contributed by atoms with Crippen LogP contribution in [0.3, 0.4) is 0 Å². The third kappa shape index (κ3) is 5.39. The van der Waals surface area contributed by atoms with E-state index in [0.717, 1.165) is 28.5 Å². The van der Waals surface area contributed by atoms with Gasteiger partial charge in [-0.3, -0.25) is 4.79 Å². The van der Waals surface area contributed by atoms with Gasteiger partial charge in [-0.1, -0.05) is 17.7 Å². The summed E-state index contributed by atoms with van der Waals surface area (Å²) in [6, 6.07) is 4.12. The number of aryl methyl sites for hydroxylation is 3. The third-order valence-corrected chi connectivity index (χ3v) is 4.05. The second-order valence-corrected chi connectivity index (χ2v) is 6.10. The van der Waals surface area contributed by atoms with Crippen molar-refractivity contribution in [3.8, 4) is 0 Å². The summed E-state index contributed by atoms with van der Waals surface area (Å²) in [6.45, 7) is 8.03. The number of hydrazone groups is 1. The van der Waals surface area contributed by atoms with Crippen LogP contribution in [-0.4, -0.2) is 41.8 Å². The van der Waals surface area contributed by atoms with Gasteiger partial charge in [-0.25, -0.2) is 9.80 Å². The summed E-state index contributed by atoms with van der Waals surface area (Å²) >= 11 is 1.16. The van der Waals surface area contributed by atoms with Gasteiger partial charge in [0.2, 0.25) is 11.0 Å². The minimum absolute atomic E-state index is 0.167. The predicted molar refractivity (Wildman–Crippen MR) is 94.7 cm³/mol. The van der Waals surface area contributed by atoms with Crippen molar-refractivity contribution in [2.75, 3.05) is 19.9 Å². The number of ether oxygens (including phenoxy) is 1. The molecule has 0 aliphatic heterocycles. The van der Waals surface area contributed by atoms with Crippen LogP contribution in [0.25, 0.3) is 0 Å². The number of hydrogen-bond acceptors (Lipinski definition) is 5. The average molecular weight is 336 g/mol. The van der Waals surface area contributed by atoms with Crippen LogP contribution in [-0.2, 0) is 20.7 Å². The van der Waals surface area contributed by atoms with Crippen LogP contribution in [0.1, 0.15) is 29.2 Å². The first kappa shape index (κ1) is 19.2. The van der Waals surface area contributed by atoms with Gasteiger partial charge in [0.25, 0.3) is 0 Å². The highest BCUT2D eigenvalue weighted by Crippen LogP contribution is 2.18. The highest BCUT2D eigenvalue weighted by atomic mass is 32.2. The Kier molecular flexibility index (Phi) is 7.29. The fourth-order valence-electron chi connectivity index (χ4n) is 2.30. The summed E-state index contributed by atoms with van der Waals surface area (Å²) in [5.74, 6) is -0.682. The summed E-state index contributed by atoms with van der Waals surface area (Å²) in [5.41, 5.74) is 4.35. The van der Waals surface area contributed by atoms with E-state index >= 15 is 0 Å². The van der Waals surface area contributed by atoms with Crippen molar-refractivity contribution in [3.63, 3.8) is 0 Å². The molecule has 126 valence electrons. The Bertz CT molecular complexity index is 603. The van der Waals surface area contributed by atoms with Gasteiger partial charge in [-0.2, -0.15) is 5.10 Å². The minimum atomic E-state index is -0.512. The molecule has 23 heavy (non-hydrogen) atoms. The molecule has 0 aliphatic rings. The van der Waals surface area contributed by atoms with E-state index < -0.39 is 5.97 Å². The maximum atomic E-state index is 12.4. The average Bonchev–Trinajstić information content (AvgIpc) is 2.47. The first-order valence-electron chi connectivity index (χ1n) is 7.43. The van der Waals surface area contributed by atoms with Crippen LogP contribution in [0.4, 0.5) is 0 Å².